The van der Waals surface area contributed by atoms with Gasteiger partial charge in [0.05, 0.1) is 11.4 Å². The zero-order valence-electron chi connectivity index (χ0n) is 14.8. The molecule has 0 spiro atoms. The fourth-order valence-electron chi connectivity index (χ4n) is 3.15. The smallest absolute Gasteiger partial charge is 0.276 e. The van der Waals surface area contributed by atoms with Crippen molar-refractivity contribution in [3.8, 4) is 5.69 Å². The van der Waals surface area contributed by atoms with Crippen LogP contribution in [-0.2, 0) is 4.79 Å². The summed E-state index contributed by atoms with van der Waals surface area (Å²) >= 11 is 0. The summed E-state index contributed by atoms with van der Waals surface area (Å²) in [5.74, 6) is -0.573. The lowest BCUT2D eigenvalue weighted by Gasteiger charge is -2.30. The predicted octanol–water partition coefficient (Wildman–Crippen LogP) is 1.53. The number of rotatable bonds is 3. The Balaban J connectivity index is 1.80. The third-order valence-electron chi connectivity index (χ3n) is 5.02. The molecule has 7 heteroatoms. The van der Waals surface area contributed by atoms with Crippen molar-refractivity contribution in [3.05, 3.63) is 40.7 Å². The first kappa shape index (κ1) is 17.1. The molecule has 1 aliphatic heterocycles. The van der Waals surface area contributed by atoms with Gasteiger partial charge in [-0.15, -0.1) is 5.10 Å². The van der Waals surface area contributed by atoms with Gasteiger partial charge < -0.3 is 10.6 Å². The van der Waals surface area contributed by atoms with Gasteiger partial charge in [-0.3, -0.25) is 9.59 Å². The normalized spacial score (nSPS) is 15.4. The maximum absolute atomic E-state index is 12.8. The third kappa shape index (κ3) is 3.26. The predicted molar refractivity (Wildman–Crippen MR) is 93.4 cm³/mol. The molecule has 25 heavy (non-hydrogen) atoms. The van der Waals surface area contributed by atoms with Gasteiger partial charge in [0.25, 0.3) is 5.91 Å². The SMILES string of the molecule is Cc1ccc(-n2nnc(C(=O)N3CCC(C(N)=O)CC3)c2C)cc1C. The number of aromatic nitrogens is 3. The number of carbonyl (C=O) groups is 2. The molecule has 0 bridgehead atoms. The van der Waals surface area contributed by atoms with Crippen molar-refractivity contribution in [3.63, 3.8) is 0 Å². The summed E-state index contributed by atoms with van der Waals surface area (Å²) in [4.78, 5) is 25.7. The van der Waals surface area contributed by atoms with Gasteiger partial charge >= 0.3 is 0 Å². The number of carbonyl (C=O) groups excluding carboxylic acids is 2. The molecule has 0 aliphatic carbocycles. The van der Waals surface area contributed by atoms with Crippen LogP contribution < -0.4 is 5.73 Å². The molecule has 2 N–H and O–H groups in total. The van der Waals surface area contributed by atoms with Crippen molar-refractivity contribution in [2.45, 2.75) is 33.6 Å². The van der Waals surface area contributed by atoms with Gasteiger partial charge in [-0.2, -0.15) is 0 Å². The molecule has 1 aromatic carbocycles. The third-order valence-corrected chi connectivity index (χ3v) is 5.02. The van der Waals surface area contributed by atoms with Crippen LogP contribution in [0.15, 0.2) is 18.2 Å². The topological polar surface area (TPSA) is 94.1 Å². The second-order valence-electron chi connectivity index (χ2n) is 6.67. The molecule has 7 nitrogen and oxygen atoms in total. The highest BCUT2D eigenvalue weighted by Crippen LogP contribution is 2.21. The summed E-state index contributed by atoms with van der Waals surface area (Å²) < 4.78 is 1.69. The maximum Gasteiger partial charge on any atom is 0.276 e. The quantitative estimate of drug-likeness (QED) is 0.916. The zero-order chi connectivity index (χ0) is 18.1. The summed E-state index contributed by atoms with van der Waals surface area (Å²) in [6.45, 7) is 6.97. The van der Waals surface area contributed by atoms with Crippen molar-refractivity contribution in [1.29, 1.82) is 0 Å². The highest BCUT2D eigenvalue weighted by atomic mass is 16.2. The van der Waals surface area contributed by atoms with Crippen molar-refractivity contribution in [1.82, 2.24) is 19.9 Å². The average Bonchev–Trinajstić information content (AvgIpc) is 2.98. The molecular formula is C18H23N5O2. The molecule has 132 valence electrons. The summed E-state index contributed by atoms with van der Waals surface area (Å²) in [6, 6.07) is 6.03. The lowest BCUT2D eigenvalue weighted by molar-refractivity contribution is -0.123. The zero-order valence-corrected chi connectivity index (χ0v) is 14.8. The number of likely N-dealkylation sites (tertiary alicyclic amines) is 1. The molecule has 2 amide bonds. The minimum atomic E-state index is -0.288. The summed E-state index contributed by atoms with van der Waals surface area (Å²) in [5, 5.41) is 8.26. The van der Waals surface area contributed by atoms with E-state index in [1.54, 1.807) is 9.58 Å². The van der Waals surface area contributed by atoms with Crippen LogP contribution in [0.3, 0.4) is 0 Å². The molecule has 0 radical (unpaired) electrons. The van der Waals surface area contributed by atoms with E-state index in [2.05, 4.69) is 17.2 Å². The highest BCUT2D eigenvalue weighted by molar-refractivity contribution is 5.93. The Labute approximate surface area is 146 Å². The first-order chi connectivity index (χ1) is 11.9. The molecule has 3 rings (SSSR count). The van der Waals surface area contributed by atoms with E-state index >= 15 is 0 Å². The molecule has 0 unspecified atom stereocenters. The van der Waals surface area contributed by atoms with E-state index in [-0.39, 0.29) is 17.7 Å². The van der Waals surface area contributed by atoms with Gasteiger partial charge in [-0.1, -0.05) is 11.3 Å². The minimum absolute atomic E-state index is 0.142. The molecule has 1 aliphatic rings. The van der Waals surface area contributed by atoms with Gasteiger partial charge in [-0.05, 0) is 56.9 Å². The number of nitrogens with two attached hydrogens (primary N) is 1. The second kappa shape index (κ2) is 6.66. The number of hydrogen-bond donors (Lipinski definition) is 1. The van der Waals surface area contributed by atoms with Gasteiger partial charge in [0.2, 0.25) is 5.91 Å². The van der Waals surface area contributed by atoms with Gasteiger partial charge in [0, 0.05) is 19.0 Å². The Kier molecular flexibility index (Phi) is 4.57. The van der Waals surface area contributed by atoms with E-state index in [1.165, 1.54) is 5.56 Å². The summed E-state index contributed by atoms with van der Waals surface area (Å²) in [6.07, 6.45) is 1.21. The maximum atomic E-state index is 12.8. The lowest BCUT2D eigenvalue weighted by atomic mass is 9.96. The van der Waals surface area contributed by atoms with Gasteiger partial charge in [0.15, 0.2) is 5.69 Å². The number of aryl methyl sites for hydroxylation is 2. The van der Waals surface area contributed by atoms with E-state index in [0.717, 1.165) is 11.3 Å². The standard InChI is InChI=1S/C18H23N5O2/c1-11-4-5-15(10-12(11)2)23-13(3)16(20-21-23)18(25)22-8-6-14(7-9-22)17(19)24/h4-5,10,14H,6-9H2,1-3H3,(H2,19,24). The van der Waals surface area contributed by atoms with Crippen molar-refractivity contribution in [2.24, 2.45) is 11.7 Å². The number of benzene rings is 1. The molecular weight excluding hydrogens is 318 g/mol. The van der Waals surface area contributed by atoms with E-state index in [1.807, 2.05) is 32.0 Å². The number of hydrogen-bond acceptors (Lipinski definition) is 4. The van der Waals surface area contributed by atoms with E-state index in [9.17, 15) is 9.59 Å². The van der Waals surface area contributed by atoms with Crippen LogP contribution >= 0.6 is 0 Å². The van der Waals surface area contributed by atoms with Crippen LogP contribution in [-0.4, -0.2) is 44.8 Å². The molecule has 1 aromatic heterocycles. The van der Waals surface area contributed by atoms with Crippen molar-refractivity contribution < 1.29 is 9.59 Å². The van der Waals surface area contributed by atoms with Crippen LogP contribution in [0.4, 0.5) is 0 Å². The largest absolute Gasteiger partial charge is 0.369 e. The molecule has 1 fully saturated rings. The Morgan fingerprint density at radius 1 is 1.12 bits per heavy atom. The fourth-order valence-corrected chi connectivity index (χ4v) is 3.15. The van der Waals surface area contributed by atoms with E-state index in [0.29, 0.717) is 37.3 Å². The number of amides is 2. The highest BCUT2D eigenvalue weighted by Gasteiger charge is 2.29. The molecule has 0 atom stereocenters. The monoisotopic (exact) mass is 341 g/mol. The van der Waals surface area contributed by atoms with Crippen LogP contribution in [0, 0.1) is 26.7 Å². The summed E-state index contributed by atoms with van der Waals surface area (Å²) in [5.41, 5.74) is 9.67. The first-order valence-electron chi connectivity index (χ1n) is 8.47. The van der Waals surface area contributed by atoms with Crippen molar-refractivity contribution in [2.75, 3.05) is 13.1 Å². The first-order valence-corrected chi connectivity index (χ1v) is 8.47. The molecule has 2 heterocycles. The van der Waals surface area contributed by atoms with Gasteiger partial charge in [-0.25, -0.2) is 4.68 Å². The minimum Gasteiger partial charge on any atom is -0.369 e. The Morgan fingerprint density at radius 2 is 1.80 bits per heavy atom. The fraction of sp³-hybridized carbons (Fsp3) is 0.444. The van der Waals surface area contributed by atoms with Crippen LogP contribution in [0.1, 0.15) is 40.2 Å². The molecule has 2 aromatic rings. The second-order valence-corrected chi connectivity index (χ2v) is 6.67. The van der Waals surface area contributed by atoms with Crippen LogP contribution in [0.25, 0.3) is 5.69 Å². The number of nitrogens with zero attached hydrogens (tertiary/aromatic N) is 4. The molecule has 1 saturated heterocycles. The Hall–Kier alpha value is -2.70. The Bertz CT molecular complexity index is 819. The van der Waals surface area contributed by atoms with Crippen molar-refractivity contribution >= 4 is 11.8 Å². The molecule has 0 saturated carbocycles. The number of piperidine rings is 1. The number of primary amides is 1. The van der Waals surface area contributed by atoms with Crippen LogP contribution in [0.2, 0.25) is 0 Å². The van der Waals surface area contributed by atoms with Gasteiger partial charge in [0.1, 0.15) is 0 Å². The van der Waals surface area contributed by atoms with E-state index in [4.69, 9.17) is 5.73 Å². The van der Waals surface area contributed by atoms with E-state index < -0.39 is 0 Å². The summed E-state index contributed by atoms with van der Waals surface area (Å²) in [7, 11) is 0. The average molecular weight is 341 g/mol. The lowest BCUT2D eigenvalue weighted by Crippen LogP contribution is -2.42. The van der Waals surface area contributed by atoms with Crippen LogP contribution in [0.5, 0.6) is 0 Å². The Morgan fingerprint density at radius 3 is 2.40 bits per heavy atom.